The van der Waals surface area contributed by atoms with E-state index >= 15 is 0 Å². The van der Waals surface area contributed by atoms with Crippen LogP contribution in [0.4, 0.5) is 0 Å². The quantitative estimate of drug-likeness (QED) is 0.894. The maximum absolute atomic E-state index is 4.23. The zero-order valence-corrected chi connectivity index (χ0v) is 11.3. The fourth-order valence-electron chi connectivity index (χ4n) is 2.70. The molecule has 1 aliphatic rings. The molecule has 1 atom stereocenters. The van der Waals surface area contributed by atoms with Crippen molar-refractivity contribution in [2.75, 3.05) is 7.05 Å². The summed E-state index contributed by atoms with van der Waals surface area (Å²) in [5.41, 5.74) is 2.23. The van der Waals surface area contributed by atoms with Gasteiger partial charge in [-0.1, -0.05) is 42.7 Å². The van der Waals surface area contributed by atoms with E-state index in [1.54, 1.807) is 0 Å². The summed E-state index contributed by atoms with van der Waals surface area (Å²) in [5.74, 6) is 0.858. The lowest BCUT2D eigenvalue weighted by atomic mass is 9.80. The summed E-state index contributed by atoms with van der Waals surface area (Å²) in [7, 11) is 2.02. The van der Waals surface area contributed by atoms with Crippen molar-refractivity contribution in [3.63, 3.8) is 0 Å². The van der Waals surface area contributed by atoms with Crippen molar-refractivity contribution in [1.29, 1.82) is 0 Å². The Morgan fingerprint density at radius 3 is 2.74 bits per heavy atom. The first kappa shape index (κ1) is 12.4. The zero-order chi connectivity index (χ0) is 13.1. The molecule has 1 unspecified atom stereocenters. The van der Waals surface area contributed by atoms with Gasteiger partial charge in [-0.3, -0.25) is 0 Å². The van der Waals surface area contributed by atoms with E-state index in [4.69, 9.17) is 0 Å². The van der Waals surface area contributed by atoms with Gasteiger partial charge in [0.25, 0.3) is 0 Å². The van der Waals surface area contributed by atoms with Gasteiger partial charge in [0.15, 0.2) is 0 Å². The van der Waals surface area contributed by atoms with E-state index < -0.39 is 0 Å². The fraction of sp³-hybridized carbons (Fsp3) is 0.467. The summed E-state index contributed by atoms with van der Waals surface area (Å²) in [6.45, 7) is 0. The summed E-state index contributed by atoms with van der Waals surface area (Å²) < 4.78 is 1.94. The van der Waals surface area contributed by atoms with Crippen LogP contribution in [-0.4, -0.2) is 22.0 Å². The number of hydrogen-bond acceptors (Lipinski definition) is 3. The number of nitrogens with zero attached hydrogens (tertiary/aromatic N) is 3. The lowest BCUT2D eigenvalue weighted by Crippen LogP contribution is -2.25. The van der Waals surface area contributed by atoms with Crippen molar-refractivity contribution in [3.8, 4) is 5.69 Å². The average Bonchev–Trinajstić information content (AvgIpc) is 2.88. The number of rotatable bonds is 5. The predicted octanol–water partition coefficient (Wildman–Crippen LogP) is 2.72. The Balaban J connectivity index is 1.85. The van der Waals surface area contributed by atoms with E-state index in [1.165, 1.54) is 25.7 Å². The SMILES string of the molecule is CNC(CC1CCC1)c1cnnn1-c1ccccc1. The van der Waals surface area contributed by atoms with E-state index in [2.05, 4.69) is 27.8 Å². The first-order valence-corrected chi connectivity index (χ1v) is 7.02. The van der Waals surface area contributed by atoms with Crippen LogP contribution < -0.4 is 5.32 Å². The maximum Gasteiger partial charge on any atom is 0.0815 e. The summed E-state index contributed by atoms with van der Waals surface area (Å²) in [6.07, 6.45) is 7.18. The molecule has 0 aliphatic heterocycles. The average molecular weight is 256 g/mol. The molecule has 0 bridgehead atoms. The Morgan fingerprint density at radius 1 is 1.32 bits per heavy atom. The molecule has 4 heteroatoms. The minimum atomic E-state index is 0.334. The largest absolute Gasteiger partial charge is 0.312 e. The molecular weight excluding hydrogens is 236 g/mol. The van der Waals surface area contributed by atoms with Crippen LogP contribution in [-0.2, 0) is 0 Å². The van der Waals surface area contributed by atoms with Crippen LogP contribution in [0.1, 0.15) is 37.4 Å². The second-order valence-corrected chi connectivity index (χ2v) is 5.28. The standard InChI is InChI=1S/C15H20N4/c1-16-14(10-12-6-5-7-12)15-11-17-18-19(15)13-8-3-2-4-9-13/h2-4,8-9,11-12,14,16H,5-7,10H2,1H3. The molecule has 0 saturated heterocycles. The van der Waals surface area contributed by atoms with Gasteiger partial charge in [-0.15, -0.1) is 5.10 Å². The normalized spacial score (nSPS) is 17.1. The molecule has 1 aromatic carbocycles. The molecule has 100 valence electrons. The smallest absolute Gasteiger partial charge is 0.0815 e. The second-order valence-electron chi connectivity index (χ2n) is 5.28. The van der Waals surface area contributed by atoms with E-state index in [-0.39, 0.29) is 0 Å². The number of nitrogens with one attached hydrogen (secondary N) is 1. The van der Waals surface area contributed by atoms with Crippen molar-refractivity contribution in [1.82, 2.24) is 20.3 Å². The van der Waals surface area contributed by atoms with Crippen molar-refractivity contribution in [2.45, 2.75) is 31.7 Å². The van der Waals surface area contributed by atoms with Crippen LogP contribution >= 0.6 is 0 Å². The van der Waals surface area contributed by atoms with E-state index in [1.807, 2.05) is 36.1 Å². The Kier molecular flexibility index (Phi) is 3.60. The molecular formula is C15H20N4. The van der Waals surface area contributed by atoms with Crippen LogP contribution in [0, 0.1) is 5.92 Å². The molecule has 1 N–H and O–H groups in total. The monoisotopic (exact) mass is 256 g/mol. The molecule has 19 heavy (non-hydrogen) atoms. The lowest BCUT2D eigenvalue weighted by molar-refractivity contribution is 0.262. The first-order valence-electron chi connectivity index (χ1n) is 7.02. The van der Waals surface area contributed by atoms with E-state index in [0.717, 1.165) is 17.3 Å². The van der Waals surface area contributed by atoms with Gasteiger partial charge in [0.05, 0.1) is 23.6 Å². The van der Waals surface area contributed by atoms with Crippen LogP contribution in [0.3, 0.4) is 0 Å². The van der Waals surface area contributed by atoms with Crippen molar-refractivity contribution in [2.24, 2.45) is 5.92 Å². The van der Waals surface area contributed by atoms with Crippen molar-refractivity contribution < 1.29 is 0 Å². The topological polar surface area (TPSA) is 42.7 Å². The minimum absolute atomic E-state index is 0.334. The summed E-state index contributed by atoms with van der Waals surface area (Å²) in [5, 5.41) is 11.7. The molecule has 1 fully saturated rings. The summed E-state index contributed by atoms with van der Waals surface area (Å²) in [4.78, 5) is 0. The van der Waals surface area contributed by atoms with Gasteiger partial charge in [0.1, 0.15) is 0 Å². The third-order valence-corrected chi connectivity index (χ3v) is 4.08. The van der Waals surface area contributed by atoms with Crippen LogP contribution in [0.25, 0.3) is 5.69 Å². The summed E-state index contributed by atoms with van der Waals surface area (Å²) >= 11 is 0. The Morgan fingerprint density at radius 2 is 2.11 bits per heavy atom. The minimum Gasteiger partial charge on any atom is -0.312 e. The van der Waals surface area contributed by atoms with E-state index in [0.29, 0.717) is 6.04 Å². The van der Waals surface area contributed by atoms with Gasteiger partial charge in [-0.2, -0.15) is 0 Å². The van der Waals surface area contributed by atoms with Crippen LogP contribution in [0.5, 0.6) is 0 Å². The Hall–Kier alpha value is -1.68. The third kappa shape index (κ3) is 2.54. The second kappa shape index (κ2) is 5.53. The van der Waals surface area contributed by atoms with E-state index in [9.17, 15) is 0 Å². The molecule has 1 saturated carbocycles. The van der Waals surface area contributed by atoms with Crippen LogP contribution in [0.15, 0.2) is 36.5 Å². The Bertz CT molecular complexity index is 516. The molecule has 2 aromatic rings. The third-order valence-electron chi connectivity index (χ3n) is 4.08. The number of hydrogen-bond donors (Lipinski definition) is 1. The molecule has 0 radical (unpaired) electrons. The molecule has 1 heterocycles. The van der Waals surface area contributed by atoms with Crippen molar-refractivity contribution >= 4 is 0 Å². The van der Waals surface area contributed by atoms with Crippen LogP contribution in [0.2, 0.25) is 0 Å². The Labute approximate surface area is 113 Å². The predicted molar refractivity (Wildman–Crippen MR) is 75.1 cm³/mol. The number of para-hydroxylation sites is 1. The highest BCUT2D eigenvalue weighted by molar-refractivity contribution is 5.32. The highest BCUT2D eigenvalue weighted by Crippen LogP contribution is 2.34. The fourth-order valence-corrected chi connectivity index (χ4v) is 2.70. The van der Waals surface area contributed by atoms with Gasteiger partial charge >= 0.3 is 0 Å². The van der Waals surface area contributed by atoms with Gasteiger partial charge in [0.2, 0.25) is 0 Å². The number of benzene rings is 1. The lowest BCUT2D eigenvalue weighted by Gasteiger charge is -2.29. The molecule has 1 aliphatic carbocycles. The molecule has 0 amide bonds. The first-order chi connectivity index (χ1) is 9.38. The van der Waals surface area contributed by atoms with Gasteiger partial charge in [-0.05, 0) is 31.5 Å². The van der Waals surface area contributed by atoms with Gasteiger partial charge in [-0.25, -0.2) is 4.68 Å². The molecule has 3 rings (SSSR count). The maximum atomic E-state index is 4.23. The number of aromatic nitrogens is 3. The van der Waals surface area contributed by atoms with Gasteiger partial charge in [0, 0.05) is 0 Å². The highest BCUT2D eigenvalue weighted by Gasteiger charge is 2.24. The zero-order valence-electron chi connectivity index (χ0n) is 11.3. The molecule has 1 aromatic heterocycles. The highest BCUT2D eigenvalue weighted by atomic mass is 15.4. The van der Waals surface area contributed by atoms with Crippen molar-refractivity contribution in [3.05, 3.63) is 42.2 Å². The summed E-state index contributed by atoms with van der Waals surface area (Å²) in [6, 6.07) is 10.5. The molecule has 4 nitrogen and oxygen atoms in total. The van der Waals surface area contributed by atoms with Gasteiger partial charge < -0.3 is 5.32 Å². The molecule has 0 spiro atoms.